The summed E-state index contributed by atoms with van der Waals surface area (Å²) < 4.78 is 37.2. The molecular formula is C12H13FN4O3S. The molecule has 0 radical (unpaired) electrons. The summed E-state index contributed by atoms with van der Waals surface area (Å²) >= 11 is 0. The lowest BCUT2D eigenvalue weighted by Crippen LogP contribution is -2.18. The normalized spacial score (nSPS) is 11.4. The average molecular weight is 312 g/mol. The Labute approximate surface area is 120 Å². The third-order valence-corrected chi connectivity index (χ3v) is 3.67. The van der Waals surface area contributed by atoms with Gasteiger partial charge in [0.25, 0.3) is 5.91 Å². The second-order valence-electron chi connectivity index (χ2n) is 4.48. The number of halogens is 1. The molecule has 2 aromatic rings. The molecule has 0 atom stereocenters. The highest BCUT2D eigenvalue weighted by atomic mass is 32.2. The SMILES string of the molecule is Cc1cc(C(=O)Nc2nn(C)cc2S(N)(=O)=O)ccc1F. The molecule has 0 aliphatic heterocycles. The topological polar surface area (TPSA) is 107 Å². The Morgan fingerprint density at radius 2 is 2.10 bits per heavy atom. The zero-order chi connectivity index (χ0) is 15.8. The second-order valence-corrected chi connectivity index (χ2v) is 6.01. The molecule has 0 unspecified atom stereocenters. The van der Waals surface area contributed by atoms with E-state index < -0.39 is 21.7 Å². The molecule has 0 aliphatic carbocycles. The van der Waals surface area contributed by atoms with E-state index in [0.29, 0.717) is 5.56 Å². The molecule has 9 heteroatoms. The standard InChI is InChI=1S/C12H13FN4O3S/c1-7-5-8(3-4-9(7)13)12(18)15-11-10(21(14,19)20)6-17(2)16-11/h3-6H,1-2H3,(H2,14,19,20)(H,15,16,18). The van der Waals surface area contributed by atoms with Crippen molar-refractivity contribution in [2.75, 3.05) is 5.32 Å². The molecule has 1 heterocycles. The van der Waals surface area contributed by atoms with Crippen LogP contribution in [0.25, 0.3) is 0 Å². The van der Waals surface area contributed by atoms with Crippen LogP contribution in [0.4, 0.5) is 10.2 Å². The van der Waals surface area contributed by atoms with Crippen molar-refractivity contribution < 1.29 is 17.6 Å². The van der Waals surface area contributed by atoms with E-state index in [1.165, 1.54) is 37.0 Å². The van der Waals surface area contributed by atoms with Crippen LogP contribution >= 0.6 is 0 Å². The summed E-state index contributed by atoms with van der Waals surface area (Å²) in [5, 5.41) is 11.2. The summed E-state index contributed by atoms with van der Waals surface area (Å²) in [4.78, 5) is 11.8. The number of primary sulfonamides is 1. The van der Waals surface area contributed by atoms with E-state index in [4.69, 9.17) is 5.14 Å². The lowest BCUT2D eigenvalue weighted by molar-refractivity contribution is 0.102. The van der Waals surface area contributed by atoms with Crippen LogP contribution in [0, 0.1) is 12.7 Å². The Kier molecular flexibility index (Phi) is 3.79. The van der Waals surface area contributed by atoms with Crippen LogP contribution in [-0.2, 0) is 17.1 Å². The molecular weight excluding hydrogens is 299 g/mol. The fourth-order valence-corrected chi connectivity index (χ4v) is 2.39. The molecule has 0 aliphatic rings. The number of nitrogens with two attached hydrogens (primary N) is 1. The fourth-order valence-electron chi connectivity index (χ4n) is 1.73. The van der Waals surface area contributed by atoms with Gasteiger partial charge in [-0.25, -0.2) is 17.9 Å². The smallest absolute Gasteiger partial charge is 0.256 e. The summed E-state index contributed by atoms with van der Waals surface area (Å²) in [5.41, 5.74) is 0.482. The van der Waals surface area contributed by atoms with Crippen molar-refractivity contribution in [2.45, 2.75) is 11.8 Å². The molecule has 1 aromatic heterocycles. The van der Waals surface area contributed by atoms with Gasteiger partial charge in [0.1, 0.15) is 10.7 Å². The van der Waals surface area contributed by atoms with Gasteiger partial charge >= 0.3 is 0 Å². The number of nitrogens with zero attached hydrogens (tertiary/aromatic N) is 2. The minimum atomic E-state index is -4.01. The summed E-state index contributed by atoms with van der Waals surface area (Å²) in [6.07, 6.45) is 1.18. The van der Waals surface area contributed by atoms with Crippen molar-refractivity contribution in [2.24, 2.45) is 12.2 Å². The molecule has 0 fully saturated rings. The molecule has 0 saturated carbocycles. The predicted octanol–water partition coefficient (Wildman–Crippen LogP) is 0.767. The first-order chi connectivity index (χ1) is 9.68. The minimum Gasteiger partial charge on any atom is -0.304 e. The Hall–Kier alpha value is -2.26. The highest BCUT2D eigenvalue weighted by Crippen LogP contribution is 2.18. The van der Waals surface area contributed by atoms with Crippen LogP contribution < -0.4 is 10.5 Å². The minimum absolute atomic E-state index is 0.174. The highest BCUT2D eigenvalue weighted by Gasteiger charge is 2.20. The maximum absolute atomic E-state index is 13.2. The molecule has 1 aromatic carbocycles. The average Bonchev–Trinajstić information content (AvgIpc) is 2.73. The quantitative estimate of drug-likeness (QED) is 0.872. The van der Waals surface area contributed by atoms with Crippen molar-refractivity contribution in [3.05, 3.63) is 41.3 Å². The van der Waals surface area contributed by atoms with Crippen molar-refractivity contribution in [3.8, 4) is 0 Å². The molecule has 1 amide bonds. The van der Waals surface area contributed by atoms with Gasteiger partial charge in [0.05, 0.1) is 0 Å². The second kappa shape index (κ2) is 5.26. The number of rotatable bonds is 3. The lowest BCUT2D eigenvalue weighted by Gasteiger charge is -2.05. The zero-order valence-electron chi connectivity index (χ0n) is 11.3. The van der Waals surface area contributed by atoms with Crippen LogP contribution in [0.5, 0.6) is 0 Å². The van der Waals surface area contributed by atoms with Gasteiger partial charge in [-0.2, -0.15) is 5.10 Å². The Morgan fingerprint density at radius 1 is 1.43 bits per heavy atom. The van der Waals surface area contributed by atoms with E-state index in [9.17, 15) is 17.6 Å². The molecule has 21 heavy (non-hydrogen) atoms. The van der Waals surface area contributed by atoms with Gasteiger partial charge in [-0.15, -0.1) is 0 Å². The van der Waals surface area contributed by atoms with Crippen molar-refractivity contribution in [3.63, 3.8) is 0 Å². The molecule has 0 spiro atoms. The first kappa shape index (κ1) is 15.1. The van der Waals surface area contributed by atoms with E-state index in [0.717, 1.165) is 6.07 Å². The lowest BCUT2D eigenvalue weighted by atomic mass is 10.1. The van der Waals surface area contributed by atoms with Crippen molar-refractivity contribution in [1.82, 2.24) is 9.78 Å². The maximum Gasteiger partial charge on any atom is 0.256 e. The van der Waals surface area contributed by atoms with Gasteiger partial charge in [0, 0.05) is 18.8 Å². The Morgan fingerprint density at radius 3 is 2.67 bits per heavy atom. The number of aromatic nitrogens is 2. The summed E-state index contributed by atoms with van der Waals surface area (Å²) in [7, 11) is -2.52. The Bertz CT molecular complexity index is 814. The number of amides is 1. The number of sulfonamides is 1. The number of hydrogen-bond acceptors (Lipinski definition) is 4. The first-order valence-corrected chi connectivity index (χ1v) is 7.37. The van der Waals surface area contributed by atoms with Gasteiger partial charge in [0.15, 0.2) is 5.82 Å². The molecule has 3 N–H and O–H groups in total. The third kappa shape index (κ3) is 3.26. The number of carbonyl (C=O) groups is 1. The molecule has 7 nitrogen and oxygen atoms in total. The summed E-state index contributed by atoms with van der Waals surface area (Å²) in [5.74, 6) is -1.22. The van der Waals surface area contributed by atoms with Gasteiger partial charge in [-0.3, -0.25) is 9.48 Å². The molecule has 0 saturated heterocycles. The number of nitrogens with one attached hydrogen (secondary N) is 1. The number of benzene rings is 1. The van der Waals surface area contributed by atoms with Gasteiger partial charge in [-0.05, 0) is 30.7 Å². The fraction of sp³-hybridized carbons (Fsp3) is 0.167. The number of anilines is 1. The van der Waals surface area contributed by atoms with Crippen LogP contribution in [0.1, 0.15) is 15.9 Å². The van der Waals surface area contributed by atoms with E-state index in [2.05, 4.69) is 10.4 Å². The predicted molar refractivity (Wildman–Crippen MR) is 73.7 cm³/mol. The van der Waals surface area contributed by atoms with E-state index in [1.54, 1.807) is 0 Å². The summed E-state index contributed by atoms with van der Waals surface area (Å²) in [6.45, 7) is 1.52. The monoisotopic (exact) mass is 312 g/mol. The van der Waals surface area contributed by atoms with Crippen LogP contribution in [0.2, 0.25) is 0 Å². The van der Waals surface area contributed by atoms with Crippen molar-refractivity contribution in [1.29, 1.82) is 0 Å². The largest absolute Gasteiger partial charge is 0.304 e. The summed E-state index contributed by atoms with van der Waals surface area (Å²) in [6, 6.07) is 3.80. The third-order valence-electron chi connectivity index (χ3n) is 2.75. The van der Waals surface area contributed by atoms with Crippen LogP contribution in [0.3, 0.4) is 0 Å². The van der Waals surface area contributed by atoms with Crippen LogP contribution in [-0.4, -0.2) is 24.1 Å². The van der Waals surface area contributed by atoms with Gasteiger partial charge in [0.2, 0.25) is 10.0 Å². The van der Waals surface area contributed by atoms with Crippen molar-refractivity contribution >= 4 is 21.7 Å². The first-order valence-electron chi connectivity index (χ1n) is 5.82. The number of hydrogen-bond donors (Lipinski definition) is 2. The maximum atomic E-state index is 13.2. The Balaban J connectivity index is 2.34. The zero-order valence-corrected chi connectivity index (χ0v) is 12.1. The molecule has 112 valence electrons. The molecule has 2 rings (SSSR count). The van der Waals surface area contributed by atoms with Gasteiger partial charge < -0.3 is 5.32 Å². The molecule has 0 bridgehead atoms. The number of aryl methyl sites for hydroxylation is 2. The number of carbonyl (C=O) groups excluding carboxylic acids is 1. The van der Waals surface area contributed by atoms with Crippen LogP contribution in [0.15, 0.2) is 29.3 Å². The van der Waals surface area contributed by atoms with E-state index in [1.807, 2.05) is 0 Å². The highest BCUT2D eigenvalue weighted by molar-refractivity contribution is 7.89. The van der Waals surface area contributed by atoms with E-state index >= 15 is 0 Å². The van der Waals surface area contributed by atoms with E-state index in [-0.39, 0.29) is 16.3 Å². The van der Waals surface area contributed by atoms with Gasteiger partial charge in [-0.1, -0.05) is 0 Å².